The number of nitrogens with one attached hydrogen (secondary N) is 1. The molecule has 7 nitrogen and oxygen atoms in total. The van der Waals surface area contributed by atoms with Gasteiger partial charge in [0.2, 0.25) is 0 Å². The van der Waals surface area contributed by atoms with Gasteiger partial charge in [-0.1, -0.05) is 0 Å². The highest BCUT2D eigenvalue weighted by atomic mass is 127. The predicted molar refractivity (Wildman–Crippen MR) is 138 cm³/mol. The number of likely N-dealkylation sites (tertiary alicyclic amines) is 1. The van der Waals surface area contributed by atoms with E-state index < -0.39 is 6.10 Å². The molecule has 0 aliphatic carbocycles. The fourth-order valence-electron chi connectivity index (χ4n) is 3.68. The van der Waals surface area contributed by atoms with E-state index in [1.165, 1.54) is 29.8 Å². The van der Waals surface area contributed by atoms with Gasteiger partial charge in [0.25, 0.3) is 0 Å². The van der Waals surface area contributed by atoms with E-state index >= 15 is 0 Å². The van der Waals surface area contributed by atoms with Crippen molar-refractivity contribution in [2.75, 3.05) is 47.0 Å². The number of halogens is 2. The fraction of sp³-hybridized carbons (Fsp3) is 0.458. The Labute approximate surface area is 212 Å². The topological polar surface area (TPSA) is 75.6 Å². The molecule has 0 spiro atoms. The van der Waals surface area contributed by atoms with Crippen molar-refractivity contribution in [3.63, 3.8) is 0 Å². The third-order valence-electron chi connectivity index (χ3n) is 5.38. The summed E-state index contributed by atoms with van der Waals surface area (Å²) in [5, 5.41) is 13.6. The molecule has 2 N–H and O–H groups in total. The van der Waals surface area contributed by atoms with Gasteiger partial charge in [-0.05, 0) is 55.3 Å². The number of ether oxygens (including phenoxy) is 3. The second kappa shape index (κ2) is 13.4. The van der Waals surface area contributed by atoms with Gasteiger partial charge in [0.15, 0.2) is 5.96 Å². The van der Waals surface area contributed by atoms with Crippen LogP contribution < -0.4 is 19.5 Å². The summed E-state index contributed by atoms with van der Waals surface area (Å²) in [6.07, 6.45) is 0.214. The summed E-state index contributed by atoms with van der Waals surface area (Å²) < 4.78 is 29.3. The molecule has 0 amide bonds. The van der Waals surface area contributed by atoms with Crippen molar-refractivity contribution in [2.24, 2.45) is 4.99 Å². The standard InChI is InChI=1S/C24H32FN3O4.HI/c1-4-26-24(27-14-20(29)16-32-21-7-5-19(25)6-8-21)28-10-9-17(15-28)18-11-22(30-2)13-23(12-18)31-3;/h5-8,11-13,17,20,29H,4,9-10,14-16H2,1-3H3,(H,26,27);1H. The van der Waals surface area contributed by atoms with Crippen molar-refractivity contribution >= 4 is 29.9 Å². The van der Waals surface area contributed by atoms with Gasteiger partial charge in [-0.15, -0.1) is 24.0 Å². The van der Waals surface area contributed by atoms with Crippen LogP contribution in [0.15, 0.2) is 47.5 Å². The third-order valence-corrected chi connectivity index (χ3v) is 5.38. The molecular weight excluding hydrogens is 540 g/mol. The summed E-state index contributed by atoms with van der Waals surface area (Å²) in [7, 11) is 3.31. The highest BCUT2D eigenvalue weighted by molar-refractivity contribution is 14.0. The summed E-state index contributed by atoms with van der Waals surface area (Å²) in [5.74, 6) is 2.84. The molecule has 9 heteroatoms. The first-order chi connectivity index (χ1) is 15.5. The Bertz CT molecular complexity index is 876. The number of guanidine groups is 1. The minimum atomic E-state index is -0.769. The normalized spacial score (nSPS) is 16.7. The van der Waals surface area contributed by atoms with Crippen molar-refractivity contribution < 1.29 is 23.7 Å². The molecule has 3 rings (SSSR count). The molecule has 33 heavy (non-hydrogen) atoms. The van der Waals surface area contributed by atoms with Gasteiger partial charge in [-0.25, -0.2) is 4.39 Å². The molecule has 1 aliphatic heterocycles. The average Bonchev–Trinajstić information content (AvgIpc) is 3.31. The maximum Gasteiger partial charge on any atom is 0.194 e. The molecule has 2 aromatic carbocycles. The molecule has 1 saturated heterocycles. The Balaban J connectivity index is 0.00000385. The molecule has 2 aromatic rings. The Morgan fingerprint density at radius 1 is 1.15 bits per heavy atom. The summed E-state index contributed by atoms with van der Waals surface area (Å²) >= 11 is 0. The van der Waals surface area contributed by atoms with Crippen molar-refractivity contribution in [1.82, 2.24) is 10.2 Å². The van der Waals surface area contributed by atoms with Crippen molar-refractivity contribution in [2.45, 2.75) is 25.4 Å². The van der Waals surface area contributed by atoms with Gasteiger partial charge in [0.05, 0.1) is 20.8 Å². The number of aliphatic hydroxyl groups excluding tert-OH is 1. The number of aliphatic imine (C=N–C) groups is 1. The molecule has 1 heterocycles. The van der Waals surface area contributed by atoms with Crippen LogP contribution in [0.1, 0.15) is 24.8 Å². The molecule has 1 aliphatic rings. The summed E-state index contributed by atoms with van der Waals surface area (Å²) in [4.78, 5) is 6.81. The number of hydrogen-bond acceptors (Lipinski definition) is 5. The highest BCUT2D eigenvalue weighted by Gasteiger charge is 2.27. The number of methoxy groups -OCH3 is 2. The van der Waals surface area contributed by atoms with Crippen LogP contribution in [0.3, 0.4) is 0 Å². The summed E-state index contributed by atoms with van der Waals surface area (Å²) in [5.41, 5.74) is 1.17. The highest BCUT2D eigenvalue weighted by Crippen LogP contribution is 2.32. The second-order valence-corrected chi connectivity index (χ2v) is 7.69. The molecule has 0 bridgehead atoms. The molecule has 2 atom stereocenters. The first kappa shape index (κ1) is 27.0. The van der Waals surface area contributed by atoms with Gasteiger partial charge in [-0.3, -0.25) is 4.99 Å². The van der Waals surface area contributed by atoms with Crippen LogP contribution in [0.5, 0.6) is 17.2 Å². The summed E-state index contributed by atoms with van der Waals surface area (Å²) in [6.45, 7) is 4.71. The molecule has 2 unspecified atom stereocenters. The maximum absolute atomic E-state index is 13.0. The number of aliphatic hydroxyl groups is 1. The van der Waals surface area contributed by atoms with E-state index in [9.17, 15) is 9.50 Å². The maximum atomic E-state index is 13.0. The van der Waals surface area contributed by atoms with Crippen molar-refractivity contribution in [1.29, 1.82) is 0 Å². The third kappa shape index (κ3) is 7.92. The van der Waals surface area contributed by atoms with Gasteiger partial charge in [0, 0.05) is 31.6 Å². The Hall–Kier alpha value is -2.27. The van der Waals surface area contributed by atoms with E-state index in [0.29, 0.717) is 11.7 Å². The van der Waals surface area contributed by atoms with E-state index in [0.717, 1.165) is 43.5 Å². The zero-order valence-corrected chi connectivity index (χ0v) is 21.6. The van der Waals surface area contributed by atoms with Crippen LogP contribution in [0.25, 0.3) is 0 Å². The summed E-state index contributed by atoms with van der Waals surface area (Å²) in [6, 6.07) is 11.7. The van der Waals surface area contributed by atoms with E-state index in [2.05, 4.69) is 27.3 Å². The fourth-order valence-corrected chi connectivity index (χ4v) is 3.68. The number of rotatable bonds is 9. The molecule has 182 valence electrons. The lowest BCUT2D eigenvalue weighted by Crippen LogP contribution is -2.40. The van der Waals surface area contributed by atoms with Crippen LogP contribution in [-0.4, -0.2) is 69.1 Å². The van der Waals surface area contributed by atoms with Gasteiger partial charge >= 0.3 is 0 Å². The number of nitrogens with zero attached hydrogens (tertiary/aromatic N) is 2. The second-order valence-electron chi connectivity index (χ2n) is 7.69. The Morgan fingerprint density at radius 3 is 2.42 bits per heavy atom. The monoisotopic (exact) mass is 573 g/mol. The van der Waals surface area contributed by atoms with Crippen LogP contribution >= 0.6 is 24.0 Å². The molecule has 0 saturated carbocycles. The predicted octanol–water partition coefficient (Wildman–Crippen LogP) is 3.66. The molecular formula is C24H33FIN3O4. The Kier molecular flexibility index (Phi) is 11.0. The van der Waals surface area contributed by atoms with Crippen LogP contribution in [0.2, 0.25) is 0 Å². The number of hydrogen-bond donors (Lipinski definition) is 2. The zero-order valence-electron chi connectivity index (χ0n) is 19.3. The van der Waals surface area contributed by atoms with Crippen LogP contribution in [0, 0.1) is 5.82 Å². The average molecular weight is 573 g/mol. The molecule has 0 aromatic heterocycles. The Morgan fingerprint density at radius 2 is 1.82 bits per heavy atom. The van der Waals surface area contributed by atoms with Crippen molar-refractivity contribution in [3.05, 3.63) is 53.8 Å². The minimum absolute atomic E-state index is 0. The minimum Gasteiger partial charge on any atom is -0.497 e. The van der Waals surface area contributed by atoms with E-state index in [4.69, 9.17) is 14.2 Å². The first-order valence-corrected chi connectivity index (χ1v) is 10.8. The first-order valence-electron chi connectivity index (χ1n) is 10.8. The largest absolute Gasteiger partial charge is 0.497 e. The van der Waals surface area contributed by atoms with E-state index in [1.54, 1.807) is 14.2 Å². The lowest BCUT2D eigenvalue weighted by Gasteiger charge is -2.22. The molecule has 1 fully saturated rings. The van der Waals surface area contributed by atoms with E-state index in [1.807, 2.05) is 13.0 Å². The van der Waals surface area contributed by atoms with Crippen LogP contribution in [-0.2, 0) is 0 Å². The van der Waals surface area contributed by atoms with Gasteiger partial charge < -0.3 is 29.5 Å². The lowest BCUT2D eigenvalue weighted by molar-refractivity contribution is 0.114. The smallest absolute Gasteiger partial charge is 0.194 e. The van der Waals surface area contributed by atoms with Crippen molar-refractivity contribution in [3.8, 4) is 17.2 Å². The number of benzene rings is 2. The lowest BCUT2D eigenvalue weighted by atomic mass is 9.98. The quantitative estimate of drug-likeness (QED) is 0.271. The zero-order chi connectivity index (χ0) is 22.9. The SMILES string of the molecule is CCNC(=NCC(O)COc1ccc(F)cc1)N1CCC(c2cc(OC)cc(OC)c2)C1.I. The van der Waals surface area contributed by atoms with Gasteiger partial charge in [-0.2, -0.15) is 0 Å². The van der Waals surface area contributed by atoms with E-state index in [-0.39, 0.29) is 42.9 Å². The van der Waals surface area contributed by atoms with Gasteiger partial charge in [0.1, 0.15) is 35.8 Å². The van der Waals surface area contributed by atoms with Crippen LogP contribution in [0.4, 0.5) is 4.39 Å². The molecule has 0 radical (unpaired) electrons.